The first-order chi connectivity index (χ1) is 7.76. The highest BCUT2D eigenvalue weighted by Crippen LogP contribution is 2.28. The Kier molecular flexibility index (Phi) is 6.44. The molecule has 3 nitrogen and oxygen atoms in total. The van der Waals surface area contributed by atoms with E-state index in [1.54, 1.807) is 0 Å². The second kappa shape index (κ2) is 7.65. The molecule has 1 N–H and O–H groups in total. The Morgan fingerprint density at radius 2 is 2.12 bits per heavy atom. The topological polar surface area (TPSA) is 47.3 Å². The minimum Gasteiger partial charge on any atom is -0.392 e. The van der Waals surface area contributed by atoms with E-state index >= 15 is 0 Å². The summed E-state index contributed by atoms with van der Waals surface area (Å²) in [7, 11) is 0. The van der Waals surface area contributed by atoms with Crippen molar-refractivity contribution in [3.8, 4) is 6.07 Å². The van der Waals surface area contributed by atoms with Gasteiger partial charge in [-0.3, -0.25) is 4.90 Å². The third kappa shape index (κ3) is 4.96. The predicted molar refractivity (Wildman–Crippen MR) is 64.9 cm³/mol. The molecule has 0 aromatic rings. The zero-order valence-electron chi connectivity index (χ0n) is 10.4. The van der Waals surface area contributed by atoms with Crippen LogP contribution in [0, 0.1) is 17.2 Å². The van der Waals surface area contributed by atoms with E-state index in [0.717, 1.165) is 25.3 Å². The van der Waals surface area contributed by atoms with Gasteiger partial charge in [-0.2, -0.15) is 5.26 Å². The smallest absolute Gasteiger partial charge is 0.0866 e. The average molecular weight is 224 g/mol. The first-order valence-electron chi connectivity index (χ1n) is 6.53. The Morgan fingerprint density at radius 1 is 1.44 bits per heavy atom. The fraction of sp³-hybridized carbons (Fsp3) is 0.923. The van der Waals surface area contributed by atoms with E-state index in [-0.39, 0.29) is 6.10 Å². The van der Waals surface area contributed by atoms with Gasteiger partial charge in [0.15, 0.2) is 0 Å². The SMILES string of the molecule is CCCN(CC#N)CC(O)CC1CCCC1. The number of hydrogen-bond acceptors (Lipinski definition) is 3. The van der Waals surface area contributed by atoms with Crippen molar-refractivity contribution in [1.82, 2.24) is 4.90 Å². The fourth-order valence-electron chi connectivity index (χ4n) is 2.65. The molecule has 0 radical (unpaired) electrons. The molecule has 92 valence electrons. The van der Waals surface area contributed by atoms with Crippen LogP contribution in [0.5, 0.6) is 0 Å². The summed E-state index contributed by atoms with van der Waals surface area (Å²) in [5, 5.41) is 18.7. The molecule has 0 aromatic carbocycles. The molecule has 0 saturated heterocycles. The van der Waals surface area contributed by atoms with Crippen LogP contribution in [0.4, 0.5) is 0 Å². The van der Waals surface area contributed by atoms with Gasteiger partial charge in [-0.15, -0.1) is 0 Å². The quantitative estimate of drug-likeness (QED) is 0.674. The van der Waals surface area contributed by atoms with Crippen LogP contribution in [-0.4, -0.2) is 35.7 Å². The van der Waals surface area contributed by atoms with E-state index in [1.165, 1.54) is 25.7 Å². The van der Waals surface area contributed by atoms with Crippen LogP contribution < -0.4 is 0 Å². The van der Waals surface area contributed by atoms with Gasteiger partial charge in [0.25, 0.3) is 0 Å². The van der Waals surface area contributed by atoms with Crippen molar-refractivity contribution in [2.24, 2.45) is 5.92 Å². The van der Waals surface area contributed by atoms with Crippen LogP contribution in [0.2, 0.25) is 0 Å². The summed E-state index contributed by atoms with van der Waals surface area (Å²) in [6.45, 7) is 4.12. The molecule has 0 spiro atoms. The summed E-state index contributed by atoms with van der Waals surface area (Å²) < 4.78 is 0. The highest BCUT2D eigenvalue weighted by atomic mass is 16.3. The monoisotopic (exact) mass is 224 g/mol. The maximum absolute atomic E-state index is 9.98. The van der Waals surface area contributed by atoms with E-state index in [2.05, 4.69) is 17.9 Å². The highest BCUT2D eigenvalue weighted by molar-refractivity contribution is 4.79. The van der Waals surface area contributed by atoms with Crippen LogP contribution in [0.1, 0.15) is 45.4 Å². The number of aliphatic hydroxyl groups excluding tert-OH is 1. The summed E-state index contributed by atoms with van der Waals surface area (Å²) in [5.74, 6) is 0.723. The molecule has 0 aromatic heterocycles. The highest BCUT2D eigenvalue weighted by Gasteiger charge is 2.20. The lowest BCUT2D eigenvalue weighted by molar-refractivity contribution is 0.0967. The van der Waals surface area contributed by atoms with Crippen molar-refractivity contribution in [3.05, 3.63) is 0 Å². The van der Waals surface area contributed by atoms with Gasteiger partial charge in [0.2, 0.25) is 0 Å². The molecule has 1 rings (SSSR count). The molecule has 1 saturated carbocycles. The number of nitrogens with zero attached hydrogens (tertiary/aromatic N) is 2. The number of rotatable bonds is 7. The van der Waals surface area contributed by atoms with Gasteiger partial charge in [0.05, 0.1) is 18.7 Å². The Bertz CT molecular complexity index is 218. The maximum atomic E-state index is 9.98. The first kappa shape index (κ1) is 13.5. The summed E-state index contributed by atoms with van der Waals surface area (Å²) in [6.07, 6.45) is 6.93. The van der Waals surface area contributed by atoms with Crippen LogP contribution in [-0.2, 0) is 0 Å². The minimum atomic E-state index is -0.247. The van der Waals surface area contributed by atoms with Gasteiger partial charge < -0.3 is 5.11 Å². The molecule has 1 aliphatic rings. The molecular formula is C13H24N2O. The number of aliphatic hydroxyl groups is 1. The lowest BCUT2D eigenvalue weighted by atomic mass is 10.00. The fourth-order valence-corrected chi connectivity index (χ4v) is 2.65. The molecule has 1 atom stereocenters. The normalized spacial score (nSPS) is 18.9. The Balaban J connectivity index is 2.23. The molecule has 0 aliphatic heterocycles. The van der Waals surface area contributed by atoms with Gasteiger partial charge in [0, 0.05) is 6.54 Å². The Labute approximate surface area is 99.1 Å². The Hall–Kier alpha value is -0.590. The molecule has 1 fully saturated rings. The lowest BCUT2D eigenvalue weighted by Crippen LogP contribution is -2.34. The molecule has 0 bridgehead atoms. The second-order valence-corrected chi connectivity index (χ2v) is 4.93. The maximum Gasteiger partial charge on any atom is 0.0866 e. The van der Waals surface area contributed by atoms with Crippen LogP contribution >= 0.6 is 0 Å². The standard InChI is InChI=1S/C13H24N2O/c1-2-8-15(9-7-14)11-13(16)10-12-5-3-4-6-12/h12-13,16H,2-6,8-11H2,1H3. The van der Waals surface area contributed by atoms with Gasteiger partial charge in [-0.1, -0.05) is 32.6 Å². The van der Waals surface area contributed by atoms with Gasteiger partial charge in [-0.05, 0) is 25.3 Å². The van der Waals surface area contributed by atoms with Crippen molar-refractivity contribution >= 4 is 0 Å². The largest absolute Gasteiger partial charge is 0.392 e. The summed E-state index contributed by atoms with van der Waals surface area (Å²) in [4.78, 5) is 2.06. The molecule has 1 aliphatic carbocycles. The van der Waals surface area contributed by atoms with Gasteiger partial charge >= 0.3 is 0 Å². The molecule has 3 heteroatoms. The van der Waals surface area contributed by atoms with E-state index in [4.69, 9.17) is 5.26 Å². The molecule has 1 unspecified atom stereocenters. The summed E-state index contributed by atoms with van der Waals surface area (Å²) in [5.41, 5.74) is 0. The minimum absolute atomic E-state index is 0.247. The molecule has 0 amide bonds. The van der Waals surface area contributed by atoms with Crippen molar-refractivity contribution in [1.29, 1.82) is 5.26 Å². The zero-order valence-corrected chi connectivity index (χ0v) is 10.4. The van der Waals surface area contributed by atoms with E-state index in [0.29, 0.717) is 13.1 Å². The summed E-state index contributed by atoms with van der Waals surface area (Å²) in [6, 6.07) is 2.17. The number of nitriles is 1. The third-order valence-corrected chi connectivity index (χ3v) is 3.38. The zero-order chi connectivity index (χ0) is 11.8. The van der Waals surface area contributed by atoms with Crippen molar-refractivity contribution < 1.29 is 5.11 Å². The first-order valence-corrected chi connectivity index (χ1v) is 6.53. The van der Waals surface area contributed by atoms with E-state index < -0.39 is 0 Å². The molecular weight excluding hydrogens is 200 g/mol. The molecule has 16 heavy (non-hydrogen) atoms. The van der Waals surface area contributed by atoms with Crippen LogP contribution in [0.15, 0.2) is 0 Å². The average Bonchev–Trinajstić information content (AvgIpc) is 2.71. The predicted octanol–water partition coefficient (Wildman–Crippen LogP) is 2.16. The molecule has 0 heterocycles. The summed E-state index contributed by atoms with van der Waals surface area (Å²) >= 11 is 0. The number of hydrogen-bond donors (Lipinski definition) is 1. The third-order valence-electron chi connectivity index (χ3n) is 3.38. The van der Waals surface area contributed by atoms with Gasteiger partial charge in [-0.25, -0.2) is 0 Å². The van der Waals surface area contributed by atoms with Crippen LogP contribution in [0.3, 0.4) is 0 Å². The van der Waals surface area contributed by atoms with E-state index in [1.807, 2.05) is 0 Å². The second-order valence-electron chi connectivity index (χ2n) is 4.93. The van der Waals surface area contributed by atoms with Crippen molar-refractivity contribution in [3.63, 3.8) is 0 Å². The van der Waals surface area contributed by atoms with Gasteiger partial charge in [0.1, 0.15) is 0 Å². The van der Waals surface area contributed by atoms with Crippen molar-refractivity contribution in [2.45, 2.75) is 51.6 Å². The van der Waals surface area contributed by atoms with Crippen LogP contribution in [0.25, 0.3) is 0 Å². The van der Waals surface area contributed by atoms with E-state index in [9.17, 15) is 5.11 Å². The van der Waals surface area contributed by atoms with Crippen molar-refractivity contribution in [2.75, 3.05) is 19.6 Å². The Morgan fingerprint density at radius 3 is 2.69 bits per heavy atom. The lowest BCUT2D eigenvalue weighted by Gasteiger charge is -2.23.